The number of hydrogen-bond donors (Lipinski definition) is 2. The summed E-state index contributed by atoms with van der Waals surface area (Å²) >= 11 is 0. The normalized spacial score (nSPS) is 12.7. The number of nitrogens with zero attached hydrogens (tertiary/aromatic N) is 1. The average Bonchev–Trinajstić information content (AvgIpc) is 2.70. The van der Waals surface area contributed by atoms with Crippen molar-refractivity contribution in [2.75, 3.05) is 14.2 Å². The minimum absolute atomic E-state index is 0.0439. The van der Waals surface area contributed by atoms with Crippen LogP contribution in [0.4, 0.5) is 8.78 Å². The van der Waals surface area contributed by atoms with Crippen LogP contribution in [0, 0.1) is 6.92 Å². The van der Waals surface area contributed by atoms with Crippen molar-refractivity contribution in [3.05, 3.63) is 70.8 Å². The first-order valence-corrected chi connectivity index (χ1v) is 8.62. The molecular weight excluding hydrogens is 368 g/mol. The van der Waals surface area contributed by atoms with E-state index in [1.165, 1.54) is 14.2 Å². The molecule has 1 atom stereocenters. The molecular formula is C20H23F2N3O3. The van der Waals surface area contributed by atoms with Gasteiger partial charge in [0.25, 0.3) is 12.3 Å². The van der Waals surface area contributed by atoms with Crippen LogP contribution >= 0.6 is 0 Å². The molecule has 0 radical (unpaired) electrons. The molecule has 0 aromatic heterocycles. The molecule has 2 aromatic rings. The molecule has 2 rings (SSSR count). The van der Waals surface area contributed by atoms with Gasteiger partial charge in [0.05, 0.1) is 6.61 Å². The summed E-state index contributed by atoms with van der Waals surface area (Å²) in [5, 5.41) is 6.30. The highest BCUT2D eigenvalue weighted by Gasteiger charge is 2.23. The predicted octanol–water partition coefficient (Wildman–Crippen LogP) is 3.12. The highest BCUT2D eigenvalue weighted by Crippen LogP contribution is 2.22. The molecule has 2 N–H and O–H groups in total. The molecule has 0 heterocycles. The van der Waals surface area contributed by atoms with E-state index in [0.717, 1.165) is 5.56 Å². The summed E-state index contributed by atoms with van der Waals surface area (Å²) in [5.74, 6) is -0.434. The van der Waals surface area contributed by atoms with Gasteiger partial charge in [0.15, 0.2) is 5.71 Å². The maximum absolute atomic E-state index is 13.4. The molecule has 0 aliphatic carbocycles. The van der Waals surface area contributed by atoms with Crippen LogP contribution in [-0.2, 0) is 21.1 Å². The van der Waals surface area contributed by atoms with Gasteiger partial charge >= 0.3 is 0 Å². The maximum Gasteiger partial charge on any atom is 0.273 e. The number of oxime groups is 1. The fourth-order valence-corrected chi connectivity index (χ4v) is 2.67. The van der Waals surface area contributed by atoms with Crippen molar-refractivity contribution >= 4 is 11.6 Å². The first-order valence-electron chi connectivity index (χ1n) is 8.62. The Morgan fingerprint density at radius 3 is 2.46 bits per heavy atom. The van der Waals surface area contributed by atoms with Crippen LogP contribution in [0.2, 0.25) is 0 Å². The summed E-state index contributed by atoms with van der Waals surface area (Å²) in [6.45, 7) is 1.79. The van der Waals surface area contributed by atoms with Gasteiger partial charge in [0.2, 0.25) is 0 Å². The summed E-state index contributed by atoms with van der Waals surface area (Å²) in [5.41, 5.74) is 4.86. The third kappa shape index (κ3) is 5.34. The molecule has 1 amide bonds. The Kier molecular flexibility index (Phi) is 8.03. The van der Waals surface area contributed by atoms with E-state index in [1.54, 1.807) is 42.5 Å². The van der Waals surface area contributed by atoms with Crippen molar-refractivity contribution in [1.29, 1.82) is 0 Å². The molecule has 2 aromatic carbocycles. The van der Waals surface area contributed by atoms with Gasteiger partial charge < -0.3 is 10.2 Å². The Labute approximate surface area is 162 Å². The van der Waals surface area contributed by atoms with Gasteiger partial charge in [0.1, 0.15) is 13.2 Å². The van der Waals surface area contributed by atoms with E-state index in [-0.39, 0.29) is 12.3 Å². The number of rotatable bonds is 9. The first kappa shape index (κ1) is 21.5. The van der Waals surface area contributed by atoms with Crippen LogP contribution in [0.3, 0.4) is 0 Å². The van der Waals surface area contributed by atoms with Gasteiger partial charge in [-0.3, -0.25) is 9.63 Å². The Morgan fingerprint density at radius 1 is 1.14 bits per heavy atom. The van der Waals surface area contributed by atoms with Crippen LogP contribution in [-0.4, -0.2) is 32.2 Å². The lowest BCUT2D eigenvalue weighted by molar-refractivity contribution is -0.114. The molecule has 150 valence electrons. The number of carbonyl (C=O) groups is 1. The Bertz CT molecular complexity index is 814. The summed E-state index contributed by atoms with van der Waals surface area (Å²) in [6.07, 6.45) is -2.66. The topological polar surface area (TPSA) is 72.0 Å². The smallest absolute Gasteiger partial charge is 0.273 e. The Hall–Kier alpha value is -2.84. The largest absolute Gasteiger partial charge is 0.398 e. The SMILES string of the molecule is CNC(=O)/C(=N/OC)c1cccc(C)c1CONC(c1ccccc1)C(F)F. The number of benzene rings is 2. The lowest BCUT2D eigenvalue weighted by atomic mass is 9.98. The zero-order valence-electron chi connectivity index (χ0n) is 15.9. The van der Waals surface area contributed by atoms with Crippen LogP contribution in [0.1, 0.15) is 28.3 Å². The van der Waals surface area contributed by atoms with Gasteiger partial charge in [0, 0.05) is 12.6 Å². The second-order valence-electron chi connectivity index (χ2n) is 5.93. The second kappa shape index (κ2) is 10.5. The van der Waals surface area contributed by atoms with E-state index >= 15 is 0 Å². The minimum Gasteiger partial charge on any atom is -0.398 e. The number of aryl methyl sites for hydroxylation is 1. The van der Waals surface area contributed by atoms with Crippen molar-refractivity contribution in [2.24, 2.45) is 5.16 Å². The van der Waals surface area contributed by atoms with Crippen LogP contribution < -0.4 is 10.8 Å². The van der Waals surface area contributed by atoms with Crippen molar-refractivity contribution in [3.8, 4) is 0 Å². The number of alkyl halides is 2. The number of hydrogen-bond acceptors (Lipinski definition) is 5. The van der Waals surface area contributed by atoms with Crippen LogP contribution in [0.25, 0.3) is 0 Å². The van der Waals surface area contributed by atoms with Gasteiger partial charge in [-0.05, 0) is 23.6 Å². The highest BCUT2D eigenvalue weighted by molar-refractivity contribution is 6.45. The van der Waals surface area contributed by atoms with Crippen LogP contribution in [0.15, 0.2) is 53.7 Å². The third-order valence-corrected chi connectivity index (χ3v) is 4.13. The minimum atomic E-state index is -2.66. The van der Waals surface area contributed by atoms with Gasteiger partial charge in [-0.15, -0.1) is 0 Å². The highest BCUT2D eigenvalue weighted by atomic mass is 19.3. The van der Waals surface area contributed by atoms with Gasteiger partial charge in [-0.1, -0.05) is 53.7 Å². The van der Waals surface area contributed by atoms with E-state index < -0.39 is 18.4 Å². The van der Waals surface area contributed by atoms with Crippen molar-refractivity contribution < 1.29 is 23.3 Å². The summed E-state index contributed by atoms with van der Waals surface area (Å²) < 4.78 is 26.8. The molecule has 0 fully saturated rings. The summed E-state index contributed by atoms with van der Waals surface area (Å²) in [4.78, 5) is 22.3. The number of hydroxylamine groups is 1. The third-order valence-electron chi connectivity index (χ3n) is 4.13. The van der Waals surface area contributed by atoms with E-state index in [4.69, 9.17) is 9.68 Å². The average molecular weight is 391 g/mol. The maximum atomic E-state index is 13.4. The standard InChI is InChI=1S/C20H23F2N3O3/c1-13-8-7-11-15(18(24-27-3)20(26)23-2)16(13)12-28-25-17(19(21)22)14-9-5-4-6-10-14/h4-11,17,19,25H,12H2,1-3H3,(H,23,26)/b24-18+. The molecule has 0 saturated heterocycles. The molecule has 28 heavy (non-hydrogen) atoms. The van der Waals surface area contributed by atoms with Crippen molar-refractivity contribution in [1.82, 2.24) is 10.8 Å². The van der Waals surface area contributed by atoms with E-state index in [2.05, 4.69) is 16.0 Å². The van der Waals surface area contributed by atoms with E-state index in [0.29, 0.717) is 16.7 Å². The molecule has 1 unspecified atom stereocenters. The molecule has 0 spiro atoms. The van der Waals surface area contributed by atoms with Crippen LogP contribution in [0.5, 0.6) is 0 Å². The fourth-order valence-electron chi connectivity index (χ4n) is 2.67. The number of amides is 1. The summed E-state index contributed by atoms with van der Waals surface area (Å²) in [7, 11) is 2.82. The number of likely N-dealkylation sites (N-methyl/N-ethyl adjacent to an activating group) is 1. The first-order chi connectivity index (χ1) is 13.5. The molecule has 0 aliphatic rings. The quantitative estimate of drug-likeness (QED) is 0.509. The molecule has 0 bridgehead atoms. The number of carbonyl (C=O) groups excluding carboxylic acids is 1. The second-order valence-corrected chi connectivity index (χ2v) is 5.93. The lowest BCUT2D eigenvalue weighted by Gasteiger charge is -2.19. The number of nitrogens with one attached hydrogen (secondary N) is 2. The Morgan fingerprint density at radius 2 is 1.86 bits per heavy atom. The van der Waals surface area contributed by atoms with Crippen molar-refractivity contribution in [2.45, 2.75) is 26.0 Å². The van der Waals surface area contributed by atoms with Gasteiger partial charge in [-0.25, -0.2) is 8.78 Å². The zero-order valence-corrected chi connectivity index (χ0v) is 15.9. The number of halogens is 2. The molecule has 0 aliphatic heterocycles. The fraction of sp³-hybridized carbons (Fsp3) is 0.300. The van der Waals surface area contributed by atoms with Gasteiger partial charge in [-0.2, -0.15) is 5.48 Å². The van der Waals surface area contributed by atoms with Crippen molar-refractivity contribution in [3.63, 3.8) is 0 Å². The van der Waals surface area contributed by atoms with E-state index in [9.17, 15) is 13.6 Å². The molecule has 8 heteroatoms. The predicted molar refractivity (Wildman–Crippen MR) is 102 cm³/mol. The zero-order chi connectivity index (χ0) is 20.5. The lowest BCUT2D eigenvalue weighted by Crippen LogP contribution is -2.30. The molecule has 0 saturated carbocycles. The van der Waals surface area contributed by atoms with E-state index in [1.807, 2.05) is 13.0 Å². The molecule has 6 nitrogen and oxygen atoms in total. The monoisotopic (exact) mass is 391 g/mol. The Balaban J connectivity index is 2.22. The summed E-state index contributed by atoms with van der Waals surface area (Å²) in [6, 6.07) is 12.3.